The van der Waals surface area contributed by atoms with Gasteiger partial charge < -0.3 is 20.6 Å². The Labute approximate surface area is 234 Å². The number of phenols is 1. The van der Waals surface area contributed by atoms with Crippen LogP contribution in [0.4, 0.5) is 4.39 Å². The van der Waals surface area contributed by atoms with Crippen LogP contribution in [0.25, 0.3) is 0 Å². The Bertz CT molecular complexity index is 1360. The van der Waals surface area contributed by atoms with Gasteiger partial charge in [-0.15, -0.1) is 0 Å². The lowest BCUT2D eigenvalue weighted by Crippen LogP contribution is -2.52. The predicted octanol–water partition coefficient (Wildman–Crippen LogP) is 4.24. The maximum atomic E-state index is 14.6. The van der Waals surface area contributed by atoms with Crippen LogP contribution in [-0.4, -0.2) is 52.5 Å². The smallest absolute Gasteiger partial charge is 0.251 e. The fourth-order valence-corrected chi connectivity index (χ4v) is 5.16. The topological polar surface area (TPSA) is 98.7 Å². The van der Waals surface area contributed by atoms with Crippen LogP contribution in [0.15, 0.2) is 72.8 Å². The Balaban J connectivity index is 1.52. The van der Waals surface area contributed by atoms with Gasteiger partial charge in [0.1, 0.15) is 18.0 Å². The van der Waals surface area contributed by atoms with Crippen molar-refractivity contribution in [1.29, 1.82) is 0 Å². The molecule has 0 saturated carbocycles. The number of nitrogens with zero attached hydrogens (tertiary/aromatic N) is 1. The average molecular weight is 546 g/mol. The minimum atomic E-state index is -1.32. The number of aryl methyl sites for hydroxylation is 1. The van der Waals surface area contributed by atoms with E-state index in [1.54, 1.807) is 26.0 Å². The summed E-state index contributed by atoms with van der Waals surface area (Å²) in [6.45, 7) is 5.40. The van der Waals surface area contributed by atoms with Gasteiger partial charge in [0, 0.05) is 30.1 Å². The van der Waals surface area contributed by atoms with E-state index in [0.29, 0.717) is 17.5 Å². The van der Waals surface area contributed by atoms with E-state index < -0.39 is 41.9 Å². The lowest BCUT2D eigenvalue weighted by molar-refractivity contribution is -0.142. The molecular weight excluding hydrogens is 509 g/mol. The summed E-state index contributed by atoms with van der Waals surface area (Å²) in [6.07, 6.45) is -1.03. The summed E-state index contributed by atoms with van der Waals surface area (Å²) in [7, 11) is 0. The number of amides is 3. The zero-order valence-corrected chi connectivity index (χ0v) is 23.1. The summed E-state index contributed by atoms with van der Waals surface area (Å²) in [5.74, 6) is -1.97. The van der Waals surface area contributed by atoms with Gasteiger partial charge >= 0.3 is 0 Å². The van der Waals surface area contributed by atoms with Crippen molar-refractivity contribution in [2.75, 3.05) is 6.54 Å². The van der Waals surface area contributed by atoms with Crippen molar-refractivity contribution in [3.63, 3.8) is 0 Å². The molecule has 1 saturated heterocycles. The summed E-state index contributed by atoms with van der Waals surface area (Å²) in [4.78, 5) is 41.5. The molecule has 0 aliphatic carbocycles. The number of aromatic hydroxyl groups is 1. The van der Waals surface area contributed by atoms with Crippen LogP contribution in [0, 0.1) is 19.8 Å². The van der Waals surface area contributed by atoms with E-state index in [1.807, 2.05) is 61.5 Å². The van der Waals surface area contributed by atoms with E-state index in [4.69, 9.17) is 0 Å². The minimum Gasteiger partial charge on any atom is -0.508 e. The fraction of sp³-hybridized carbons (Fsp3) is 0.344. The van der Waals surface area contributed by atoms with Gasteiger partial charge in [-0.05, 0) is 49.1 Å². The van der Waals surface area contributed by atoms with E-state index in [9.17, 15) is 23.9 Å². The normalized spacial score (nSPS) is 18.1. The number of hydrogen-bond donors (Lipinski definition) is 3. The Morgan fingerprint density at radius 2 is 1.70 bits per heavy atom. The molecule has 0 aromatic heterocycles. The molecule has 8 heteroatoms. The molecule has 0 bridgehead atoms. The number of nitrogens with one attached hydrogen (secondary N) is 2. The number of carbonyl (C=O) groups excluding carboxylic acids is 3. The lowest BCUT2D eigenvalue weighted by Gasteiger charge is -2.31. The molecule has 0 spiro atoms. The molecule has 4 rings (SSSR count). The molecule has 3 aromatic carbocycles. The number of hydrogen-bond acceptors (Lipinski definition) is 4. The molecule has 0 unspecified atom stereocenters. The highest BCUT2D eigenvalue weighted by atomic mass is 19.1. The quantitative estimate of drug-likeness (QED) is 0.375. The van der Waals surface area contributed by atoms with Gasteiger partial charge in [0.05, 0.1) is 12.5 Å². The number of phenolic OH excluding ortho intramolecular Hbond substituents is 1. The second-order valence-electron chi connectivity index (χ2n) is 10.5. The van der Waals surface area contributed by atoms with Crippen molar-refractivity contribution in [2.24, 2.45) is 5.92 Å². The van der Waals surface area contributed by atoms with Gasteiger partial charge in [-0.3, -0.25) is 14.4 Å². The molecule has 3 N–H and O–H groups in total. The largest absolute Gasteiger partial charge is 0.508 e. The van der Waals surface area contributed by atoms with Crippen LogP contribution in [0.2, 0.25) is 0 Å². The zero-order chi connectivity index (χ0) is 28.8. The molecular formula is C32H36FN3O4. The summed E-state index contributed by atoms with van der Waals surface area (Å²) in [5, 5.41) is 15.9. The van der Waals surface area contributed by atoms with Crippen molar-refractivity contribution < 1.29 is 23.9 Å². The lowest BCUT2D eigenvalue weighted by atomic mass is 9.92. The van der Waals surface area contributed by atoms with Crippen LogP contribution in [-0.2, 0) is 22.6 Å². The first-order chi connectivity index (χ1) is 19.2. The van der Waals surface area contributed by atoms with E-state index in [2.05, 4.69) is 10.6 Å². The summed E-state index contributed by atoms with van der Waals surface area (Å²) in [5.41, 5.74) is 3.63. The molecule has 40 heavy (non-hydrogen) atoms. The number of likely N-dealkylation sites (tertiary alicyclic amines) is 1. The molecule has 1 heterocycles. The summed E-state index contributed by atoms with van der Waals surface area (Å²) >= 11 is 0. The highest BCUT2D eigenvalue weighted by Crippen LogP contribution is 2.26. The fourth-order valence-electron chi connectivity index (χ4n) is 5.16. The maximum absolute atomic E-state index is 14.6. The molecule has 0 radical (unpaired) electrons. The molecule has 4 atom stereocenters. The van der Waals surface area contributed by atoms with Gasteiger partial charge in [0.2, 0.25) is 11.8 Å². The number of rotatable bonds is 9. The number of alkyl halides is 1. The third-order valence-corrected chi connectivity index (χ3v) is 7.71. The first-order valence-corrected chi connectivity index (χ1v) is 13.6. The summed E-state index contributed by atoms with van der Waals surface area (Å²) < 4.78 is 14.6. The Kier molecular flexibility index (Phi) is 9.19. The standard InChI is InChI=1S/C32H36FN3O4/c1-20-10-7-8-13-24(20)18-34-31(39)28-17-25(33)19-36(28)32(40)22(3)27(16-23-11-5-4-6-12-23)35-30(38)26-14-9-15-29(37)21(26)2/h4-15,22,25,27-28,37H,16-19H2,1-3H3,(H,34,39)(H,35,38)/t22-,25-,27-,28-/m0/s1. The third kappa shape index (κ3) is 6.68. The molecule has 7 nitrogen and oxygen atoms in total. The predicted molar refractivity (Wildman–Crippen MR) is 151 cm³/mol. The van der Waals surface area contributed by atoms with E-state index in [1.165, 1.54) is 11.0 Å². The molecule has 1 aliphatic heterocycles. The van der Waals surface area contributed by atoms with Gasteiger partial charge in [-0.2, -0.15) is 0 Å². The average Bonchev–Trinajstić information content (AvgIpc) is 3.35. The molecule has 3 amide bonds. The SMILES string of the molecule is Cc1ccccc1CNC(=O)[C@@H]1C[C@H](F)CN1C(=O)[C@@H](C)[C@H](Cc1ccccc1)NC(=O)c1cccc(O)c1C. The van der Waals surface area contributed by atoms with Crippen LogP contribution in [0.3, 0.4) is 0 Å². The van der Waals surface area contributed by atoms with E-state index >= 15 is 0 Å². The number of halogens is 1. The first kappa shape index (κ1) is 28.8. The highest BCUT2D eigenvalue weighted by Gasteiger charge is 2.42. The van der Waals surface area contributed by atoms with Gasteiger partial charge in [0.15, 0.2) is 0 Å². The molecule has 1 aliphatic rings. The van der Waals surface area contributed by atoms with Crippen LogP contribution < -0.4 is 10.6 Å². The highest BCUT2D eigenvalue weighted by molar-refractivity contribution is 5.97. The maximum Gasteiger partial charge on any atom is 0.251 e. The van der Waals surface area contributed by atoms with E-state index in [0.717, 1.165) is 16.7 Å². The van der Waals surface area contributed by atoms with Crippen molar-refractivity contribution >= 4 is 17.7 Å². The van der Waals surface area contributed by atoms with Gasteiger partial charge in [-0.1, -0.05) is 67.6 Å². The number of carbonyl (C=O) groups is 3. The Hall–Kier alpha value is -4.20. The second kappa shape index (κ2) is 12.8. The summed E-state index contributed by atoms with van der Waals surface area (Å²) in [6, 6.07) is 20.3. The van der Waals surface area contributed by atoms with Crippen molar-refractivity contribution in [1.82, 2.24) is 15.5 Å². The Morgan fingerprint density at radius 3 is 2.42 bits per heavy atom. The molecule has 3 aromatic rings. The molecule has 210 valence electrons. The molecule has 1 fully saturated rings. The van der Waals surface area contributed by atoms with Crippen LogP contribution in [0.1, 0.15) is 46.0 Å². The number of benzene rings is 3. The van der Waals surface area contributed by atoms with Crippen molar-refractivity contribution in [3.8, 4) is 5.75 Å². The van der Waals surface area contributed by atoms with Crippen LogP contribution in [0.5, 0.6) is 5.75 Å². The second-order valence-corrected chi connectivity index (χ2v) is 10.5. The third-order valence-electron chi connectivity index (χ3n) is 7.71. The first-order valence-electron chi connectivity index (χ1n) is 13.6. The van der Waals surface area contributed by atoms with Gasteiger partial charge in [0.25, 0.3) is 5.91 Å². The van der Waals surface area contributed by atoms with Crippen LogP contribution >= 0.6 is 0 Å². The van der Waals surface area contributed by atoms with Crippen molar-refractivity contribution in [3.05, 3.63) is 101 Å². The van der Waals surface area contributed by atoms with Crippen molar-refractivity contribution in [2.45, 2.75) is 58.4 Å². The van der Waals surface area contributed by atoms with E-state index in [-0.39, 0.29) is 25.3 Å². The minimum absolute atomic E-state index is 0.00184. The monoisotopic (exact) mass is 545 g/mol. The Morgan fingerprint density at radius 1 is 1.00 bits per heavy atom. The zero-order valence-electron chi connectivity index (χ0n) is 23.1. The van der Waals surface area contributed by atoms with Gasteiger partial charge in [-0.25, -0.2) is 4.39 Å².